The van der Waals surface area contributed by atoms with Crippen LogP contribution in [0, 0.1) is 0 Å². The molecule has 19 nitrogen and oxygen atoms in total. The van der Waals surface area contributed by atoms with E-state index in [9.17, 15) is 61.0 Å². The Labute approximate surface area is 473 Å². The highest BCUT2D eigenvalue weighted by Gasteiger charge is 2.53. The second kappa shape index (κ2) is 43.8. The minimum atomic E-state index is -1.98. The molecule has 3 rings (SSSR count). The second-order valence-corrected chi connectivity index (χ2v) is 22.5. The molecule has 19 heteroatoms. The zero-order valence-corrected chi connectivity index (χ0v) is 48.4. The fraction of sp³-hybridized carbons (Fsp3) is 0.917. The van der Waals surface area contributed by atoms with Crippen molar-refractivity contribution in [1.29, 1.82) is 0 Å². The van der Waals surface area contributed by atoms with Crippen LogP contribution in [-0.2, 0) is 33.2 Å². The van der Waals surface area contributed by atoms with E-state index in [0.717, 1.165) is 44.9 Å². The molecule has 17 unspecified atom stereocenters. The smallest absolute Gasteiger partial charge is 0.220 e. The van der Waals surface area contributed by atoms with E-state index in [0.29, 0.717) is 12.8 Å². The zero-order valence-electron chi connectivity index (χ0n) is 48.4. The lowest BCUT2D eigenvalue weighted by Gasteiger charge is -2.48. The fourth-order valence-corrected chi connectivity index (χ4v) is 10.6. The summed E-state index contributed by atoms with van der Waals surface area (Å²) >= 11 is 0. The molecule has 17 atom stereocenters. The van der Waals surface area contributed by atoms with Crippen LogP contribution in [0.25, 0.3) is 0 Å². The molecule has 0 aromatic heterocycles. The van der Waals surface area contributed by atoms with Gasteiger partial charge in [0.2, 0.25) is 5.91 Å². The summed E-state index contributed by atoms with van der Waals surface area (Å²) < 4.78 is 34.1. The van der Waals surface area contributed by atoms with Crippen molar-refractivity contribution < 1.29 is 89.4 Å². The van der Waals surface area contributed by atoms with Crippen LogP contribution in [0.3, 0.4) is 0 Å². The Morgan fingerprint density at radius 3 is 1.27 bits per heavy atom. The average molecular weight is 1130 g/mol. The van der Waals surface area contributed by atoms with Gasteiger partial charge in [-0.25, -0.2) is 0 Å². The molecule has 79 heavy (non-hydrogen) atoms. The van der Waals surface area contributed by atoms with E-state index in [2.05, 4.69) is 31.3 Å². The molecule has 3 fully saturated rings. The average Bonchev–Trinajstić information content (AvgIpc) is 3.54. The number of hydrogen-bond donors (Lipinski definition) is 12. The number of rotatable bonds is 46. The van der Waals surface area contributed by atoms with Crippen LogP contribution in [-0.4, -0.2) is 193 Å². The molecule has 0 aromatic rings. The van der Waals surface area contributed by atoms with Crippen molar-refractivity contribution in [3.8, 4) is 0 Å². The Balaban J connectivity index is 1.37. The lowest BCUT2D eigenvalue weighted by atomic mass is 9.96. The Bertz CT molecular complexity index is 1540. The van der Waals surface area contributed by atoms with Gasteiger partial charge in [0.25, 0.3) is 0 Å². The van der Waals surface area contributed by atoms with Gasteiger partial charge in [-0.15, -0.1) is 0 Å². The summed E-state index contributed by atoms with van der Waals surface area (Å²) in [5, 5.41) is 120. The van der Waals surface area contributed by atoms with Gasteiger partial charge in [-0.2, -0.15) is 0 Å². The van der Waals surface area contributed by atoms with Crippen LogP contribution in [0.2, 0.25) is 0 Å². The largest absolute Gasteiger partial charge is 0.394 e. The van der Waals surface area contributed by atoms with E-state index in [1.165, 1.54) is 141 Å². The minimum absolute atomic E-state index is 0.232. The van der Waals surface area contributed by atoms with Crippen LogP contribution in [0.1, 0.15) is 219 Å². The topological polar surface area (TPSA) is 307 Å². The maximum Gasteiger partial charge on any atom is 0.220 e. The molecule has 0 bridgehead atoms. The summed E-state index contributed by atoms with van der Waals surface area (Å²) in [5.41, 5.74) is 0. The first-order chi connectivity index (χ1) is 38.3. The number of allylic oxidation sites excluding steroid dienone is 3. The quantitative estimate of drug-likeness (QED) is 0.0248. The van der Waals surface area contributed by atoms with Crippen LogP contribution in [0.5, 0.6) is 0 Å². The molecular weight excluding hydrogens is 1020 g/mol. The number of aliphatic hydroxyl groups excluding tert-OH is 11. The van der Waals surface area contributed by atoms with E-state index in [1.54, 1.807) is 6.08 Å². The van der Waals surface area contributed by atoms with Gasteiger partial charge in [0.05, 0.1) is 38.6 Å². The fourth-order valence-electron chi connectivity index (χ4n) is 10.6. The SMILES string of the molecule is CCCCCCCCCCCCCCCCCCCCCCCCC/C=C/CC/C=C/C(O)C(COC1OC(CO)C(OC2OC(CO)C(OC3OC(CO)C(O)C(O)C3O)C(O)C2O)C(O)C1O)NC(=O)CCCCCCC. The van der Waals surface area contributed by atoms with E-state index < -0.39 is 124 Å². The number of carbonyl (C=O) groups is 1. The highest BCUT2D eigenvalue weighted by Crippen LogP contribution is 2.33. The van der Waals surface area contributed by atoms with E-state index in [-0.39, 0.29) is 18.9 Å². The molecule has 0 saturated carbocycles. The maximum absolute atomic E-state index is 13.1. The Hall–Kier alpha value is -1.73. The van der Waals surface area contributed by atoms with Crippen LogP contribution >= 0.6 is 0 Å². The molecule has 3 heterocycles. The summed E-state index contributed by atoms with van der Waals surface area (Å²) in [4.78, 5) is 13.1. The molecule has 1 amide bonds. The summed E-state index contributed by atoms with van der Waals surface area (Å²) in [6.07, 6.45) is 19.8. The number of hydrogen-bond acceptors (Lipinski definition) is 18. The third-order valence-electron chi connectivity index (χ3n) is 15.8. The summed E-state index contributed by atoms with van der Waals surface area (Å²) in [7, 11) is 0. The van der Waals surface area contributed by atoms with E-state index >= 15 is 0 Å². The highest BCUT2D eigenvalue weighted by atomic mass is 16.8. The van der Waals surface area contributed by atoms with Crippen molar-refractivity contribution in [3.05, 3.63) is 24.3 Å². The van der Waals surface area contributed by atoms with Crippen LogP contribution in [0.15, 0.2) is 24.3 Å². The van der Waals surface area contributed by atoms with Crippen molar-refractivity contribution in [2.75, 3.05) is 26.4 Å². The Kier molecular flexibility index (Phi) is 39.7. The minimum Gasteiger partial charge on any atom is -0.394 e. The van der Waals surface area contributed by atoms with Crippen molar-refractivity contribution in [3.63, 3.8) is 0 Å². The number of nitrogens with one attached hydrogen (secondary N) is 1. The van der Waals surface area contributed by atoms with Gasteiger partial charge in [0, 0.05) is 6.42 Å². The molecular formula is C60H111NO18. The molecule has 3 aliphatic heterocycles. The van der Waals surface area contributed by atoms with E-state index in [4.69, 9.17) is 28.4 Å². The Morgan fingerprint density at radius 2 is 0.810 bits per heavy atom. The maximum atomic E-state index is 13.1. The molecule has 464 valence electrons. The van der Waals surface area contributed by atoms with Crippen molar-refractivity contribution in [2.24, 2.45) is 0 Å². The summed E-state index contributed by atoms with van der Waals surface area (Å²) in [6, 6.07) is -0.982. The monoisotopic (exact) mass is 1130 g/mol. The van der Waals surface area contributed by atoms with Gasteiger partial charge in [-0.1, -0.05) is 205 Å². The first kappa shape index (κ1) is 71.5. The summed E-state index contributed by atoms with van der Waals surface area (Å²) in [5.74, 6) is -0.298. The molecule has 3 saturated heterocycles. The third kappa shape index (κ3) is 27.7. The lowest BCUT2D eigenvalue weighted by molar-refractivity contribution is -0.379. The van der Waals surface area contributed by atoms with Gasteiger partial charge in [-0.3, -0.25) is 4.79 Å². The van der Waals surface area contributed by atoms with Gasteiger partial charge >= 0.3 is 0 Å². The first-order valence-corrected chi connectivity index (χ1v) is 31.1. The van der Waals surface area contributed by atoms with Crippen LogP contribution in [0.4, 0.5) is 0 Å². The number of ether oxygens (including phenoxy) is 6. The number of aliphatic hydroxyl groups is 11. The molecule has 0 aromatic carbocycles. The normalized spacial score (nSPS) is 30.4. The lowest BCUT2D eigenvalue weighted by Crippen LogP contribution is -2.66. The van der Waals surface area contributed by atoms with Gasteiger partial charge in [0.1, 0.15) is 73.2 Å². The molecule has 3 aliphatic rings. The first-order valence-electron chi connectivity index (χ1n) is 31.1. The van der Waals surface area contributed by atoms with Crippen molar-refractivity contribution >= 4 is 5.91 Å². The van der Waals surface area contributed by atoms with Gasteiger partial charge < -0.3 is 89.9 Å². The molecule has 0 radical (unpaired) electrons. The molecule has 0 aliphatic carbocycles. The second-order valence-electron chi connectivity index (χ2n) is 22.5. The number of unbranched alkanes of at least 4 members (excludes halogenated alkanes) is 28. The molecule has 0 spiro atoms. The summed E-state index contributed by atoms with van der Waals surface area (Å²) in [6.45, 7) is 1.60. The van der Waals surface area contributed by atoms with Crippen LogP contribution < -0.4 is 5.32 Å². The standard InChI is InChI=1S/C60H111NO18/c1-3-5-7-9-10-11-12-13-14-15-16-17-18-19-20-21-22-23-24-25-26-27-28-29-30-31-32-34-35-37-44(65)43(61-48(66)38-36-33-8-6-4-2)42-74-58-54(72)51(69)56(46(40-63)76-58)79-60-55(73)52(70)57(47(41-64)77-60)78-59-53(71)50(68)49(67)45(39-62)75-59/h30-31,35,37,43-47,49-60,62-65,67-73H,3-29,32-34,36,38-42H2,1-2H3,(H,61,66)/b31-30+,37-35+. The highest BCUT2D eigenvalue weighted by molar-refractivity contribution is 5.76. The number of carbonyl (C=O) groups excluding carboxylic acids is 1. The predicted molar refractivity (Wildman–Crippen MR) is 300 cm³/mol. The Morgan fingerprint density at radius 1 is 0.443 bits per heavy atom. The van der Waals surface area contributed by atoms with Gasteiger partial charge in [-0.05, 0) is 32.1 Å². The predicted octanol–water partition coefficient (Wildman–Crippen LogP) is 5.93. The van der Waals surface area contributed by atoms with Crippen molar-refractivity contribution in [1.82, 2.24) is 5.32 Å². The third-order valence-corrected chi connectivity index (χ3v) is 15.8. The van der Waals surface area contributed by atoms with E-state index in [1.807, 2.05) is 6.08 Å². The van der Waals surface area contributed by atoms with Crippen molar-refractivity contribution in [2.45, 2.75) is 324 Å². The number of amides is 1. The molecule has 12 N–H and O–H groups in total. The zero-order chi connectivity index (χ0) is 57.6. The van der Waals surface area contributed by atoms with Gasteiger partial charge in [0.15, 0.2) is 18.9 Å².